The molecule has 1 aromatic heterocycles. The van der Waals surface area contributed by atoms with E-state index in [0.717, 1.165) is 50.7 Å². The molecular formula is C42H27N4O-. The van der Waals surface area contributed by atoms with Gasteiger partial charge in [-0.1, -0.05) is 121 Å². The average molecular weight is 604 g/mol. The van der Waals surface area contributed by atoms with Gasteiger partial charge in [0, 0.05) is 10.9 Å². The summed E-state index contributed by atoms with van der Waals surface area (Å²) in [6.45, 7) is 0. The van der Waals surface area contributed by atoms with E-state index in [4.69, 9.17) is 19.7 Å². The highest BCUT2D eigenvalue weighted by Crippen LogP contribution is 2.48. The standard InChI is InChI=1S/C42H27N4O/c1-2-8-27(9-3-1)40-44-41(46-42(45-40)39-38-33-12-4-5-15-35(33)47-36(38)22-23-43-39)28-18-16-25(17-19-28)29-20-21-30-31-13-6-10-26-11-7-14-32(37(26)31)34(30)24-29/h1-24,39-40H,(H,44,45,46)/q-1. The smallest absolute Gasteiger partial charge is 0.169 e. The van der Waals surface area contributed by atoms with Crippen LogP contribution in [-0.4, -0.2) is 11.7 Å². The molecule has 5 heteroatoms. The van der Waals surface area contributed by atoms with E-state index >= 15 is 0 Å². The number of benzene rings is 6. The van der Waals surface area contributed by atoms with Crippen molar-refractivity contribution in [2.45, 2.75) is 12.2 Å². The highest BCUT2D eigenvalue weighted by molar-refractivity contribution is 6.16. The molecular weight excluding hydrogens is 576 g/mol. The number of fused-ring (bicyclic) bond motifs is 6. The molecule has 0 amide bonds. The lowest BCUT2D eigenvalue weighted by atomic mass is 9.96. The van der Waals surface area contributed by atoms with Crippen LogP contribution in [0.25, 0.3) is 66.5 Å². The Bertz CT molecular complexity index is 2460. The Hall–Kier alpha value is -6.20. The molecule has 222 valence electrons. The summed E-state index contributed by atoms with van der Waals surface area (Å²) >= 11 is 0. The van der Waals surface area contributed by atoms with Gasteiger partial charge in [0.1, 0.15) is 17.2 Å². The van der Waals surface area contributed by atoms with Crippen molar-refractivity contribution >= 4 is 39.5 Å². The van der Waals surface area contributed by atoms with Crippen LogP contribution < -0.4 is 5.32 Å². The number of rotatable bonds is 4. The fraction of sp³-hybridized carbons (Fsp3) is 0.0476. The largest absolute Gasteiger partial charge is 0.678 e. The van der Waals surface area contributed by atoms with E-state index in [-0.39, 0.29) is 6.04 Å². The summed E-state index contributed by atoms with van der Waals surface area (Å²) in [6.07, 6.45) is 3.34. The molecule has 3 aliphatic rings. The zero-order valence-electron chi connectivity index (χ0n) is 25.3. The first-order valence-corrected chi connectivity index (χ1v) is 15.9. The van der Waals surface area contributed by atoms with Gasteiger partial charge in [0.15, 0.2) is 6.17 Å². The maximum Gasteiger partial charge on any atom is 0.169 e. The molecule has 3 heterocycles. The van der Waals surface area contributed by atoms with Crippen LogP contribution in [0.2, 0.25) is 0 Å². The maximum atomic E-state index is 6.19. The van der Waals surface area contributed by atoms with Crippen molar-refractivity contribution in [3.8, 4) is 33.4 Å². The van der Waals surface area contributed by atoms with Crippen LogP contribution in [0.1, 0.15) is 34.7 Å². The lowest BCUT2D eigenvalue weighted by Crippen LogP contribution is -2.39. The molecule has 0 spiro atoms. The second kappa shape index (κ2) is 10.2. The van der Waals surface area contributed by atoms with Gasteiger partial charge in [0.25, 0.3) is 0 Å². The van der Waals surface area contributed by atoms with Crippen molar-refractivity contribution in [1.29, 1.82) is 0 Å². The molecule has 2 atom stereocenters. The summed E-state index contributed by atoms with van der Waals surface area (Å²) in [5.74, 6) is 2.33. The Balaban J connectivity index is 1.01. The number of para-hydroxylation sites is 1. The van der Waals surface area contributed by atoms with E-state index < -0.39 is 6.17 Å². The monoisotopic (exact) mass is 603 g/mol. The van der Waals surface area contributed by atoms with E-state index in [0.29, 0.717) is 0 Å². The fourth-order valence-corrected chi connectivity index (χ4v) is 7.29. The summed E-state index contributed by atoms with van der Waals surface area (Å²) in [6, 6.07) is 46.7. The van der Waals surface area contributed by atoms with Gasteiger partial charge in [-0.05, 0) is 79.5 Å². The van der Waals surface area contributed by atoms with Crippen LogP contribution in [0.5, 0.6) is 0 Å². The number of nitrogens with one attached hydrogen (secondary N) is 1. The second-order valence-corrected chi connectivity index (χ2v) is 12.2. The van der Waals surface area contributed by atoms with E-state index in [2.05, 4.69) is 102 Å². The first-order chi connectivity index (χ1) is 23.3. The van der Waals surface area contributed by atoms with E-state index in [1.165, 1.54) is 38.6 Å². The highest BCUT2D eigenvalue weighted by Gasteiger charge is 2.27. The Morgan fingerprint density at radius 3 is 2.21 bits per heavy atom. The highest BCUT2D eigenvalue weighted by atomic mass is 16.3. The van der Waals surface area contributed by atoms with Crippen LogP contribution in [-0.2, 0) is 0 Å². The molecule has 7 aromatic rings. The lowest BCUT2D eigenvalue weighted by molar-refractivity contribution is 0.596. The van der Waals surface area contributed by atoms with Gasteiger partial charge in [-0.25, -0.2) is 9.98 Å². The van der Waals surface area contributed by atoms with Gasteiger partial charge in [0.2, 0.25) is 0 Å². The SMILES string of the molecule is C1=Cc2oc3ccccc3c2C(C2=NC(c3ccccc3)N=C(c3ccc(-c4ccc5c(c4)-c4cccc6cccc-5c46)cc3)N2)[N-]1. The van der Waals surface area contributed by atoms with Gasteiger partial charge >= 0.3 is 0 Å². The Kier molecular flexibility index (Phi) is 5.63. The Morgan fingerprint density at radius 2 is 1.36 bits per heavy atom. The molecule has 47 heavy (non-hydrogen) atoms. The molecule has 0 bridgehead atoms. The molecule has 0 radical (unpaired) electrons. The minimum absolute atomic E-state index is 0.338. The third kappa shape index (κ3) is 4.10. The summed E-state index contributed by atoms with van der Waals surface area (Å²) < 4.78 is 6.19. The van der Waals surface area contributed by atoms with Crippen molar-refractivity contribution in [3.63, 3.8) is 0 Å². The van der Waals surface area contributed by atoms with Crippen molar-refractivity contribution in [2.24, 2.45) is 9.98 Å². The minimum Gasteiger partial charge on any atom is -0.678 e. The molecule has 2 aliphatic heterocycles. The molecule has 0 fully saturated rings. The zero-order valence-corrected chi connectivity index (χ0v) is 25.3. The topological polar surface area (TPSA) is 64.0 Å². The van der Waals surface area contributed by atoms with Crippen molar-refractivity contribution in [2.75, 3.05) is 0 Å². The molecule has 2 unspecified atom stereocenters. The minimum atomic E-state index is -0.397. The van der Waals surface area contributed by atoms with Gasteiger partial charge in [-0.15, -0.1) is 0 Å². The average Bonchev–Trinajstić information content (AvgIpc) is 3.69. The third-order valence-corrected chi connectivity index (χ3v) is 9.51. The summed E-state index contributed by atoms with van der Waals surface area (Å²) in [5, 5.41) is 12.2. The Labute approximate surface area is 271 Å². The zero-order chi connectivity index (χ0) is 30.9. The predicted octanol–water partition coefficient (Wildman–Crippen LogP) is 10.4. The fourth-order valence-electron chi connectivity index (χ4n) is 7.29. The van der Waals surface area contributed by atoms with Gasteiger partial charge < -0.3 is 15.1 Å². The van der Waals surface area contributed by atoms with Crippen LogP contribution in [0.3, 0.4) is 0 Å². The first-order valence-electron chi connectivity index (χ1n) is 15.9. The number of amidine groups is 2. The Morgan fingerprint density at radius 1 is 0.617 bits per heavy atom. The van der Waals surface area contributed by atoms with Gasteiger partial charge in [-0.3, -0.25) is 0 Å². The molecule has 1 aliphatic carbocycles. The molecule has 0 saturated heterocycles. The van der Waals surface area contributed by atoms with E-state index in [9.17, 15) is 0 Å². The van der Waals surface area contributed by atoms with Gasteiger partial charge in [-0.2, -0.15) is 6.20 Å². The molecule has 10 rings (SSSR count). The van der Waals surface area contributed by atoms with Crippen molar-refractivity contribution < 1.29 is 4.42 Å². The van der Waals surface area contributed by atoms with Crippen molar-refractivity contribution in [3.05, 3.63) is 167 Å². The van der Waals surface area contributed by atoms with Crippen molar-refractivity contribution in [1.82, 2.24) is 5.32 Å². The summed E-state index contributed by atoms with van der Waals surface area (Å²) in [7, 11) is 0. The molecule has 1 N–H and O–H groups in total. The quantitative estimate of drug-likeness (QED) is 0.218. The van der Waals surface area contributed by atoms with Crippen LogP contribution in [0.4, 0.5) is 0 Å². The maximum absolute atomic E-state index is 6.19. The van der Waals surface area contributed by atoms with Crippen LogP contribution in [0, 0.1) is 0 Å². The number of hydrogen-bond donors (Lipinski definition) is 1. The molecule has 0 saturated carbocycles. The lowest BCUT2D eigenvalue weighted by Gasteiger charge is -2.36. The van der Waals surface area contributed by atoms with Crippen LogP contribution in [0.15, 0.2) is 154 Å². The summed E-state index contributed by atoms with van der Waals surface area (Å²) in [4.78, 5) is 10.2. The molecule has 6 aromatic carbocycles. The predicted molar refractivity (Wildman–Crippen MR) is 191 cm³/mol. The second-order valence-electron chi connectivity index (χ2n) is 12.2. The normalized spacial score (nSPS) is 17.4. The number of furan rings is 1. The van der Waals surface area contributed by atoms with E-state index in [1.807, 2.05) is 48.7 Å². The molecule has 5 nitrogen and oxygen atoms in total. The summed E-state index contributed by atoms with van der Waals surface area (Å²) in [5.41, 5.74) is 11.4. The number of aliphatic imine (C=N–C) groups is 2. The number of hydrogen-bond acceptors (Lipinski definition) is 4. The first kappa shape index (κ1) is 26.1. The third-order valence-electron chi connectivity index (χ3n) is 9.51. The number of nitrogens with zero attached hydrogens (tertiary/aromatic N) is 3. The van der Waals surface area contributed by atoms with Crippen LogP contribution >= 0.6 is 0 Å². The van der Waals surface area contributed by atoms with Gasteiger partial charge in [0.05, 0.1) is 5.84 Å². The van der Waals surface area contributed by atoms with E-state index in [1.54, 1.807) is 0 Å².